The van der Waals surface area contributed by atoms with Crippen LogP contribution in [-0.4, -0.2) is 0 Å². The highest BCUT2D eigenvalue weighted by Crippen LogP contribution is 2.26. The van der Waals surface area contributed by atoms with Gasteiger partial charge in [0.25, 0.3) is 0 Å². The molecule has 106 valence electrons. The number of hydrogen-bond donors (Lipinski definition) is 1. The van der Waals surface area contributed by atoms with Gasteiger partial charge in [-0.2, -0.15) is 0 Å². The maximum absolute atomic E-state index is 13.8. The van der Waals surface area contributed by atoms with Gasteiger partial charge in [-0.1, -0.05) is 18.2 Å². The minimum Gasteiger partial charge on any atom is -0.488 e. The second-order valence-corrected chi connectivity index (χ2v) is 5.29. The van der Waals surface area contributed by atoms with E-state index < -0.39 is 11.6 Å². The van der Waals surface area contributed by atoms with E-state index in [1.807, 2.05) is 19.1 Å². The van der Waals surface area contributed by atoms with Crippen LogP contribution in [0.2, 0.25) is 0 Å². The summed E-state index contributed by atoms with van der Waals surface area (Å²) in [6.07, 6.45) is 0. The Balaban J connectivity index is 2.24. The summed E-state index contributed by atoms with van der Waals surface area (Å²) in [5, 5.41) is 0. The molecule has 0 amide bonds. The van der Waals surface area contributed by atoms with Gasteiger partial charge in [-0.05, 0) is 41.1 Å². The van der Waals surface area contributed by atoms with Gasteiger partial charge in [0.2, 0.25) is 0 Å². The molecule has 2 N–H and O–H groups in total. The molecule has 0 aliphatic rings. The van der Waals surface area contributed by atoms with E-state index in [0.717, 1.165) is 5.56 Å². The van der Waals surface area contributed by atoms with Gasteiger partial charge in [0.1, 0.15) is 24.0 Å². The molecule has 0 saturated heterocycles. The average Bonchev–Trinajstić information content (AvgIpc) is 2.43. The van der Waals surface area contributed by atoms with Crippen molar-refractivity contribution in [3.8, 4) is 5.75 Å². The predicted molar refractivity (Wildman–Crippen MR) is 77.4 cm³/mol. The second kappa shape index (κ2) is 6.33. The van der Waals surface area contributed by atoms with Crippen molar-refractivity contribution in [2.75, 3.05) is 0 Å². The minimum atomic E-state index is -0.650. The molecule has 2 rings (SSSR count). The largest absolute Gasteiger partial charge is 0.488 e. The third-order valence-corrected chi connectivity index (χ3v) is 3.53. The summed E-state index contributed by atoms with van der Waals surface area (Å²) in [5.74, 6) is -0.756. The van der Waals surface area contributed by atoms with Crippen molar-refractivity contribution in [1.29, 1.82) is 0 Å². The molecule has 1 atom stereocenters. The fourth-order valence-corrected chi connectivity index (χ4v) is 2.21. The summed E-state index contributed by atoms with van der Waals surface area (Å²) in [6, 6.07) is 9.48. The number of ether oxygens (including phenoxy) is 1. The fourth-order valence-electron chi connectivity index (χ4n) is 1.84. The van der Waals surface area contributed by atoms with Crippen LogP contribution < -0.4 is 10.5 Å². The van der Waals surface area contributed by atoms with E-state index in [4.69, 9.17) is 10.5 Å². The van der Waals surface area contributed by atoms with Crippen LogP contribution in [0.3, 0.4) is 0 Å². The average molecular weight is 342 g/mol. The number of hydrogen-bond acceptors (Lipinski definition) is 2. The van der Waals surface area contributed by atoms with E-state index in [9.17, 15) is 8.78 Å². The summed E-state index contributed by atoms with van der Waals surface area (Å²) in [6.45, 7) is 1.63. The molecule has 2 aromatic carbocycles. The van der Waals surface area contributed by atoms with Gasteiger partial charge in [-0.15, -0.1) is 0 Å². The Morgan fingerprint density at radius 2 is 1.90 bits per heavy atom. The van der Waals surface area contributed by atoms with Crippen molar-refractivity contribution < 1.29 is 13.5 Å². The van der Waals surface area contributed by atoms with Crippen LogP contribution >= 0.6 is 15.9 Å². The molecule has 0 saturated carbocycles. The van der Waals surface area contributed by atoms with Crippen LogP contribution in [0.1, 0.15) is 24.1 Å². The van der Waals surface area contributed by atoms with Crippen LogP contribution in [0.4, 0.5) is 8.78 Å². The molecular formula is C15H14BrF2NO. The molecule has 0 heterocycles. The standard InChI is InChI=1S/C15H14BrF2NO/c1-9(19)10-4-2-3-5-14(10)20-8-11-13(17)7-6-12(16)15(11)18/h2-7,9H,8,19H2,1H3/t9-/m0/s1. The smallest absolute Gasteiger partial charge is 0.146 e. The van der Waals surface area contributed by atoms with Crippen LogP contribution in [0.25, 0.3) is 0 Å². The fraction of sp³-hybridized carbons (Fsp3) is 0.200. The second-order valence-electron chi connectivity index (χ2n) is 4.44. The predicted octanol–water partition coefficient (Wildman–Crippen LogP) is 4.33. The molecule has 0 radical (unpaired) electrons. The van der Waals surface area contributed by atoms with E-state index >= 15 is 0 Å². The Kier molecular flexibility index (Phi) is 4.73. The molecule has 0 bridgehead atoms. The molecule has 0 unspecified atom stereocenters. The lowest BCUT2D eigenvalue weighted by molar-refractivity contribution is 0.288. The lowest BCUT2D eigenvalue weighted by Crippen LogP contribution is -2.09. The van der Waals surface area contributed by atoms with Crippen LogP contribution in [0, 0.1) is 11.6 Å². The van der Waals surface area contributed by atoms with Gasteiger partial charge in [-0.3, -0.25) is 0 Å². The maximum Gasteiger partial charge on any atom is 0.146 e. The van der Waals surface area contributed by atoms with E-state index in [1.165, 1.54) is 12.1 Å². The first kappa shape index (κ1) is 14.9. The van der Waals surface area contributed by atoms with Crippen molar-refractivity contribution in [3.05, 3.63) is 63.6 Å². The molecule has 0 aromatic heterocycles. The quantitative estimate of drug-likeness (QED) is 0.840. The molecule has 0 aliphatic carbocycles. The zero-order valence-electron chi connectivity index (χ0n) is 10.9. The summed E-state index contributed by atoms with van der Waals surface area (Å²) in [5.41, 5.74) is 6.51. The summed E-state index contributed by atoms with van der Waals surface area (Å²) in [4.78, 5) is 0. The number of halogens is 3. The third kappa shape index (κ3) is 3.16. The van der Waals surface area contributed by atoms with Gasteiger partial charge >= 0.3 is 0 Å². The first-order valence-electron chi connectivity index (χ1n) is 6.10. The van der Waals surface area contributed by atoms with Crippen LogP contribution in [-0.2, 0) is 6.61 Å². The first-order valence-corrected chi connectivity index (χ1v) is 6.89. The number of para-hydroxylation sites is 1. The van der Waals surface area contributed by atoms with Crippen molar-refractivity contribution >= 4 is 15.9 Å². The highest BCUT2D eigenvalue weighted by atomic mass is 79.9. The highest BCUT2D eigenvalue weighted by molar-refractivity contribution is 9.10. The normalized spacial score (nSPS) is 12.2. The Hall–Kier alpha value is -1.46. The highest BCUT2D eigenvalue weighted by Gasteiger charge is 2.14. The Labute approximate surface area is 124 Å². The van der Waals surface area contributed by atoms with E-state index in [2.05, 4.69) is 15.9 Å². The Morgan fingerprint density at radius 3 is 2.60 bits per heavy atom. The van der Waals surface area contributed by atoms with Crippen molar-refractivity contribution in [3.63, 3.8) is 0 Å². The van der Waals surface area contributed by atoms with Gasteiger partial charge in [0, 0.05) is 11.6 Å². The number of nitrogens with two attached hydrogens (primary N) is 1. The van der Waals surface area contributed by atoms with E-state index in [1.54, 1.807) is 12.1 Å². The molecule has 2 aromatic rings. The van der Waals surface area contributed by atoms with Crippen molar-refractivity contribution in [2.45, 2.75) is 19.6 Å². The monoisotopic (exact) mass is 341 g/mol. The molecule has 0 fully saturated rings. The lowest BCUT2D eigenvalue weighted by atomic mass is 10.1. The van der Waals surface area contributed by atoms with E-state index in [-0.39, 0.29) is 22.7 Å². The Morgan fingerprint density at radius 1 is 1.20 bits per heavy atom. The lowest BCUT2D eigenvalue weighted by Gasteiger charge is -2.14. The zero-order valence-corrected chi connectivity index (χ0v) is 12.5. The summed E-state index contributed by atoms with van der Waals surface area (Å²) < 4.78 is 33.2. The minimum absolute atomic E-state index is 0.112. The third-order valence-electron chi connectivity index (χ3n) is 2.92. The topological polar surface area (TPSA) is 35.2 Å². The van der Waals surface area contributed by atoms with Gasteiger partial charge in [0.05, 0.1) is 10.0 Å². The summed E-state index contributed by atoms with van der Waals surface area (Å²) in [7, 11) is 0. The molecule has 20 heavy (non-hydrogen) atoms. The number of rotatable bonds is 4. The molecule has 0 spiro atoms. The Bertz CT molecular complexity index is 617. The first-order chi connectivity index (χ1) is 9.50. The SMILES string of the molecule is C[C@H](N)c1ccccc1OCc1c(F)ccc(Br)c1F. The molecule has 5 heteroatoms. The zero-order chi connectivity index (χ0) is 14.7. The molecular weight excluding hydrogens is 328 g/mol. The number of benzene rings is 2. The van der Waals surface area contributed by atoms with Crippen molar-refractivity contribution in [2.24, 2.45) is 5.73 Å². The van der Waals surface area contributed by atoms with Crippen LogP contribution in [0.5, 0.6) is 5.75 Å². The van der Waals surface area contributed by atoms with Gasteiger partial charge in [-0.25, -0.2) is 8.78 Å². The van der Waals surface area contributed by atoms with E-state index in [0.29, 0.717) is 5.75 Å². The van der Waals surface area contributed by atoms with Gasteiger partial charge in [0.15, 0.2) is 0 Å². The maximum atomic E-state index is 13.8. The van der Waals surface area contributed by atoms with Crippen molar-refractivity contribution in [1.82, 2.24) is 0 Å². The molecule has 2 nitrogen and oxygen atoms in total. The van der Waals surface area contributed by atoms with Crippen LogP contribution in [0.15, 0.2) is 40.9 Å². The molecule has 0 aliphatic heterocycles. The van der Waals surface area contributed by atoms with Gasteiger partial charge < -0.3 is 10.5 Å². The summed E-state index contributed by atoms with van der Waals surface area (Å²) >= 11 is 3.03.